The Bertz CT molecular complexity index is 817. The van der Waals surface area contributed by atoms with Gasteiger partial charge in [0.25, 0.3) is 0 Å². The van der Waals surface area contributed by atoms with Crippen LogP contribution in [0.3, 0.4) is 0 Å². The summed E-state index contributed by atoms with van der Waals surface area (Å²) >= 11 is 5.55. The van der Waals surface area contributed by atoms with Crippen LogP contribution >= 0.6 is 11.8 Å². The van der Waals surface area contributed by atoms with Gasteiger partial charge in [-0.15, -0.1) is 0 Å². The first-order valence-corrected chi connectivity index (χ1v) is 7.61. The molecule has 3 aromatic rings. The van der Waals surface area contributed by atoms with Crippen molar-refractivity contribution in [1.82, 2.24) is 14.4 Å². The first kappa shape index (κ1) is 15.5. The van der Waals surface area contributed by atoms with Crippen LogP contribution in [0.15, 0.2) is 55.0 Å². The Morgan fingerprint density at radius 3 is 2.83 bits per heavy atom. The molecule has 1 atom stereocenters. The number of pyridine rings is 1. The van der Waals surface area contributed by atoms with Crippen molar-refractivity contribution in [1.29, 1.82) is 0 Å². The molecule has 0 aliphatic heterocycles. The number of aliphatic carboxylic acids is 1. The number of aromatic nitrogens is 2. The van der Waals surface area contributed by atoms with Crippen molar-refractivity contribution in [2.24, 2.45) is 0 Å². The van der Waals surface area contributed by atoms with Crippen molar-refractivity contribution in [2.75, 3.05) is 0 Å². The van der Waals surface area contributed by atoms with Crippen LogP contribution in [0.1, 0.15) is 11.1 Å². The predicted octanol–water partition coefficient (Wildman–Crippen LogP) is 2.82. The maximum absolute atomic E-state index is 11.2. The summed E-state index contributed by atoms with van der Waals surface area (Å²) in [7, 11) is 0. The number of hydrogen-bond acceptors (Lipinski definition) is 3. The van der Waals surface area contributed by atoms with Crippen molar-refractivity contribution in [3.63, 3.8) is 0 Å². The van der Waals surface area contributed by atoms with E-state index in [1.807, 2.05) is 48.8 Å². The lowest BCUT2D eigenvalue weighted by molar-refractivity contribution is -0.138. The summed E-state index contributed by atoms with van der Waals surface area (Å²) < 4.78 is 2.11. The zero-order valence-electron chi connectivity index (χ0n) is 12.3. The van der Waals surface area contributed by atoms with Gasteiger partial charge in [-0.2, -0.15) is 0 Å². The number of para-hydroxylation sites is 1. The van der Waals surface area contributed by atoms with Gasteiger partial charge in [-0.3, -0.25) is 9.78 Å². The smallest absolute Gasteiger partial charge is 0.322 e. The lowest BCUT2D eigenvalue weighted by Gasteiger charge is -2.08. The molecule has 2 heterocycles. The lowest BCUT2D eigenvalue weighted by atomic mass is 10.1. The molecule has 23 heavy (non-hydrogen) atoms. The van der Waals surface area contributed by atoms with E-state index in [2.05, 4.69) is 14.4 Å². The summed E-state index contributed by atoms with van der Waals surface area (Å²) in [6.45, 7) is 0.681. The summed E-state index contributed by atoms with van der Waals surface area (Å²) in [5, 5.41) is 10.2. The van der Waals surface area contributed by atoms with Crippen molar-refractivity contribution in [3.05, 3.63) is 66.1 Å². The quantitative estimate of drug-likeness (QED) is 0.682. The van der Waals surface area contributed by atoms with Gasteiger partial charge in [0.05, 0.1) is 0 Å². The molecule has 0 spiro atoms. The lowest BCUT2D eigenvalue weighted by Crippen LogP contribution is -2.32. The molecule has 0 saturated heterocycles. The Morgan fingerprint density at radius 2 is 2.13 bits per heavy atom. The highest BCUT2D eigenvalue weighted by atomic mass is 35.5. The fourth-order valence-corrected chi connectivity index (χ4v) is 2.87. The number of carboxylic acid groups (broad SMARTS) is 1. The fraction of sp³-hybridized carbons (Fsp3) is 0.176. The highest BCUT2D eigenvalue weighted by Gasteiger charge is 2.19. The van der Waals surface area contributed by atoms with E-state index in [-0.39, 0.29) is 0 Å². The average Bonchev–Trinajstić information content (AvgIpc) is 2.91. The Labute approximate surface area is 138 Å². The van der Waals surface area contributed by atoms with Gasteiger partial charge in [0.15, 0.2) is 0 Å². The molecule has 1 aromatic carbocycles. The third-order valence-electron chi connectivity index (χ3n) is 3.80. The number of nitrogens with one attached hydrogen (secondary N) is 1. The van der Waals surface area contributed by atoms with Crippen molar-refractivity contribution < 1.29 is 9.90 Å². The minimum Gasteiger partial charge on any atom is -0.480 e. The molecule has 0 radical (unpaired) electrons. The molecule has 3 rings (SSSR count). The molecule has 6 heteroatoms. The molecule has 0 amide bonds. The minimum absolute atomic E-state index is 0.319. The van der Waals surface area contributed by atoms with E-state index in [9.17, 15) is 9.90 Å². The summed E-state index contributed by atoms with van der Waals surface area (Å²) in [4.78, 5) is 17.7. The summed E-state index contributed by atoms with van der Waals surface area (Å²) in [6.07, 6.45) is 5.88. The topological polar surface area (TPSA) is 67.1 Å². The molecule has 1 unspecified atom stereocenters. The van der Waals surface area contributed by atoms with Crippen LogP contribution < -0.4 is 4.84 Å². The van der Waals surface area contributed by atoms with Gasteiger partial charge >= 0.3 is 5.97 Å². The van der Waals surface area contributed by atoms with E-state index < -0.39 is 12.0 Å². The molecular weight excluding hydrogens is 314 g/mol. The number of carbonyl (C=O) groups is 1. The second kappa shape index (κ2) is 6.81. The Balaban J connectivity index is 1.98. The molecule has 2 N–H and O–H groups in total. The maximum atomic E-state index is 11.2. The van der Waals surface area contributed by atoms with Gasteiger partial charge in [0, 0.05) is 42.5 Å². The van der Waals surface area contributed by atoms with Crippen LogP contribution in [0.25, 0.3) is 10.9 Å². The molecule has 0 fully saturated rings. The number of rotatable bonds is 6. The van der Waals surface area contributed by atoms with Gasteiger partial charge in [-0.1, -0.05) is 24.3 Å². The van der Waals surface area contributed by atoms with Gasteiger partial charge in [0.2, 0.25) is 0 Å². The third kappa shape index (κ3) is 3.36. The Kier molecular flexibility index (Phi) is 4.60. The molecule has 118 valence electrons. The van der Waals surface area contributed by atoms with Crippen LogP contribution in [-0.4, -0.2) is 26.7 Å². The summed E-state index contributed by atoms with van der Waals surface area (Å²) in [5.41, 5.74) is 3.10. The standard InChI is InChI=1S/C17H16ClN3O2/c18-20-15(17(22)23)8-13-11-21(10-12-4-3-7-19-9-12)16-6-2-1-5-14(13)16/h1-7,9,11,15,20H,8,10H2,(H,22,23). The van der Waals surface area contributed by atoms with E-state index in [4.69, 9.17) is 11.8 Å². The maximum Gasteiger partial charge on any atom is 0.322 e. The van der Waals surface area contributed by atoms with Crippen LogP contribution in [0.5, 0.6) is 0 Å². The van der Waals surface area contributed by atoms with E-state index in [1.54, 1.807) is 6.20 Å². The van der Waals surface area contributed by atoms with Crippen molar-refractivity contribution in [2.45, 2.75) is 19.0 Å². The van der Waals surface area contributed by atoms with Gasteiger partial charge in [-0.25, -0.2) is 4.84 Å². The van der Waals surface area contributed by atoms with E-state index in [1.165, 1.54) is 0 Å². The predicted molar refractivity (Wildman–Crippen MR) is 89.4 cm³/mol. The van der Waals surface area contributed by atoms with E-state index in [0.29, 0.717) is 13.0 Å². The molecular formula is C17H16ClN3O2. The number of carboxylic acids is 1. The zero-order chi connectivity index (χ0) is 16.2. The molecule has 0 aliphatic carbocycles. The Morgan fingerprint density at radius 1 is 1.30 bits per heavy atom. The van der Waals surface area contributed by atoms with Gasteiger partial charge in [-0.05, 0) is 35.0 Å². The van der Waals surface area contributed by atoms with Crippen LogP contribution in [0.4, 0.5) is 0 Å². The highest BCUT2D eigenvalue weighted by molar-refractivity contribution is 6.14. The Hall–Kier alpha value is -2.37. The average molecular weight is 330 g/mol. The highest BCUT2D eigenvalue weighted by Crippen LogP contribution is 2.23. The largest absolute Gasteiger partial charge is 0.480 e. The van der Waals surface area contributed by atoms with Crippen LogP contribution in [0.2, 0.25) is 0 Å². The van der Waals surface area contributed by atoms with Gasteiger partial charge < -0.3 is 9.67 Å². The van der Waals surface area contributed by atoms with Crippen molar-refractivity contribution >= 4 is 28.6 Å². The van der Waals surface area contributed by atoms with E-state index in [0.717, 1.165) is 22.0 Å². The van der Waals surface area contributed by atoms with E-state index >= 15 is 0 Å². The van der Waals surface area contributed by atoms with Crippen LogP contribution in [0, 0.1) is 0 Å². The summed E-state index contributed by atoms with van der Waals surface area (Å²) in [6, 6.07) is 11.0. The first-order chi connectivity index (χ1) is 11.2. The van der Waals surface area contributed by atoms with Gasteiger partial charge in [0.1, 0.15) is 6.04 Å². The fourth-order valence-electron chi connectivity index (χ4n) is 2.70. The van der Waals surface area contributed by atoms with Crippen molar-refractivity contribution in [3.8, 4) is 0 Å². The molecule has 0 bridgehead atoms. The third-order valence-corrected chi connectivity index (χ3v) is 4.06. The van der Waals surface area contributed by atoms with Crippen LogP contribution in [-0.2, 0) is 17.8 Å². The normalized spacial score (nSPS) is 12.4. The monoisotopic (exact) mass is 329 g/mol. The number of nitrogens with zero attached hydrogens (tertiary/aromatic N) is 2. The SMILES string of the molecule is O=C(O)C(Cc1cn(Cc2cccnc2)c2ccccc12)NCl. The number of fused-ring (bicyclic) bond motifs is 1. The summed E-state index contributed by atoms with van der Waals surface area (Å²) in [5.74, 6) is -0.968. The number of halogens is 1. The number of benzene rings is 1. The zero-order valence-corrected chi connectivity index (χ0v) is 13.1. The second-order valence-electron chi connectivity index (χ2n) is 5.36. The minimum atomic E-state index is -0.968. The molecule has 5 nitrogen and oxygen atoms in total. The molecule has 0 aliphatic rings. The molecule has 2 aromatic heterocycles. The molecule has 0 saturated carbocycles. The number of hydrogen-bond donors (Lipinski definition) is 2. The first-order valence-electron chi connectivity index (χ1n) is 7.23. The second-order valence-corrected chi connectivity index (χ2v) is 5.58.